The Kier molecular flexibility index (Phi) is 4.32. The van der Waals surface area contributed by atoms with Gasteiger partial charge in [0.25, 0.3) is 5.91 Å². The van der Waals surface area contributed by atoms with E-state index in [1.54, 1.807) is 48.8 Å². The average Bonchev–Trinajstić information content (AvgIpc) is 3.08. The second kappa shape index (κ2) is 6.78. The fourth-order valence-electron chi connectivity index (χ4n) is 2.50. The first-order chi connectivity index (χ1) is 12.6. The molecule has 0 aliphatic carbocycles. The van der Waals surface area contributed by atoms with Crippen molar-refractivity contribution in [1.82, 2.24) is 9.97 Å². The predicted molar refractivity (Wildman–Crippen MR) is 102 cm³/mol. The molecule has 0 atom stereocenters. The Morgan fingerprint density at radius 2 is 1.96 bits per heavy atom. The molecule has 1 amide bonds. The third kappa shape index (κ3) is 3.14. The lowest BCUT2D eigenvalue weighted by Crippen LogP contribution is -2.12. The minimum Gasteiger partial charge on any atom is -0.436 e. The largest absolute Gasteiger partial charge is 0.436 e. The van der Waals surface area contributed by atoms with Crippen LogP contribution in [0, 0.1) is 0 Å². The molecule has 0 radical (unpaired) electrons. The van der Waals surface area contributed by atoms with Crippen molar-refractivity contribution < 1.29 is 9.21 Å². The molecule has 0 fully saturated rings. The number of carbonyl (C=O) groups is 1. The first-order valence-corrected chi connectivity index (χ1v) is 8.44. The predicted octanol–water partition coefficient (Wildman–Crippen LogP) is 5.45. The molecule has 0 aliphatic heterocycles. The summed E-state index contributed by atoms with van der Waals surface area (Å²) in [5.41, 5.74) is 2.89. The van der Waals surface area contributed by atoms with Gasteiger partial charge in [-0.1, -0.05) is 29.3 Å². The summed E-state index contributed by atoms with van der Waals surface area (Å²) in [6, 6.07) is 13.8. The van der Waals surface area contributed by atoms with Crippen LogP contribution in [-0.4, -0.2) is 15.9 Å². The van der Waals surface area contributed by atoms with Gasteiger partial charge in [-0.05, 0) is 42.5 Å². The van der Waals surface area contributed by atoms with E-state index in [9.17, 15) is 4.79 Å². The number of hydrogen-bond acceptors (Lipinski definition) is 4. The number of nitrogens with zero attached hydrogens (tertiary/aromatic N) is 2. The van der Waals surface area contributed by atoms with Crippen molar-refractivity contribution in [3.8, 4) is 11.5 Å². The van der Waals surface area contributed by atoms with E-state index in [2.05, 4.69) is 15.3 Å². The van der Waals surface area contributed by atoms with E-state index in [0.29, 0.717) is 33.3 Å². The van der Waals surface area contributed by atoms with Gasteiger partial charge < -0.3 is 9.73 Å². The molecule has 0 spiro atoms. The standard InChI is InChI=1S/C19H11Cl2N3O2/c20-14-5-1-4-13(17(14)21)18(25)23-12-6-7-16-15(9-12)24-19(26-16)11-3-2-8-22-10-11/h1-10H,(H,23,25). The summed E-state index contributed by atoms with van der Waals surface area (Å²) in [6.45, 7) is 0. The smallest absolute Gasteiger partial charge is 0.257 e. The number of halogens is 2. The Morgan fingerprint density at radius 1 is 1.08 bits per heavy atom. The maximum absolute atomic E-state index is 12.4. The summed E-state index contributed by atoms with van der Waals surface area (Å²) in [7, 11) is 0. The molecule has 0 saturated carbocycles. The third-order valence-electron chi connectivity index (χ3n) is 3.75. The van der Waals surface area contributed by atoms with Gasteiger partial charge in [0.05, 0.1) is 21.2 Å². The SMILES string of the molecule is O=C(Nc1ccc2oc(-c3cccnc3)nc2c1)c1cccc(Cl)c1Cl. The van der Waals surface area contributed by atoms with Gasteiger partial charge in [0.1, 0.15) is 5.52 Å². The number of fused-ring (bicyclic) bond motifs is 1. The summed E-state index contributed by atoms with van der Waals surface area (Å²) in [6.07, 6.45) is 3.36. The Hall–Kier alpha value is -2.89. The molecule has 2 aromatic carbocycles. The zero-order chi connectivity index (χ0) is 18.1. The fourth-order valence-corrected chi connectivity index (χ4v) is 2.88. The van der Waals surface area contributed by atoms with E-state index >= 15 is 0 Å². The van der Waals surface area contributed by atoms with E-state index in [1.807, 2.05) is 12.1 Å². The Balaban J connectivity index is 1.63. The molecule has 26 heavy (non-hydrogen) atoms. The number of carbonyl (C=O) groups excluding carboxylic acids is 1. The van der Waals surface area contributed by atoms with E-state index in [1.165, 1.54) is 0 Å². The molecule has 0 bridgehead atoms. The van der Waals surface area contributed by atoms with Gasteiger partial charge in [0.2, 0.25) is 5.89 Å². The molecule has 7 heteroatoms. The van der Waals surface area contributed by atoms with Crippen molar-refractivity contribution in [3.63, 3.8) is 0 Å². The highest BCUT2D eigenvalue weighted by molar-refractivity contribution is 6.44. The zero-order valence-electron chi connectivity index (χ0n) is 13.2. The summed E-state index contributed by atoms with van der Waals surface area (Å²) in [4.78, 5) is 21.0. The van der Waals surface area contributed by atoms with Crippen molar-refractivity contribution in [2.75, 3.05) is 5.32 Å². The normalized spacial score (nSPS) is 10.8. The topological polar surface area (TPSA) is 68.0 Å². The van der Waals surface area contributed by atoms with E-state index in [4.69, 9.17) is 27.6 Å². The zero-order valence-corrected chi connectivity index (χ0v) is 14.8. The number of hydrogen-bond donors (Lipinski definition) is 1. The molecule has 5 nitrogen and oxygen atoms in total. The number of oxazole rings is 1. The molecule has 128 valence electrons. The molecular formula is C19H11Cl2N3O2. The third-order valence-corrected chi connectivity index (χ3v) is 4.57. The minimum atomic E-state index is -0.354. The summed E-state index contributed by atoms with van der Waals surface area (Å²) >= 11 is 12.1. The molecular weight excluding hydrogens is 373 g/mol. The van der Waals surface area contributed by atoms with E-state index in [-0.39, 0.29) is 10.9 Å². The van der Waals surface area contributed by atoms with Crippen LogP contribution in [0.1, 0.15) is 10.4 Å². The van der Waals surface area contributed by atoms with Crippen LogP contribution in [0.15, 0.2) is 65.3 Å². The average molecular weight is 384 g/mol. The van der Waals surface area contributed by atoms with Crippen LogP contribution in [0.25, 0.3) is 22.6 Å². The quantitative estimate of drug-likeness (QED) is 0.510. The number of amides is 1. The van der Waals surface area contributed by atoms with Gasteiger partial charge >= 0.3 is 0 Å². The molecule has 2 aromatic heterocycles. The Bertz CT molecular complexity index is 1110. The number of pyridine rings is 1. The van der Waals surface area contributed by atoms with Crippen LogP contribution < -0.4 is 5.32 Å². The van der Waals surface area contributed by atoms with Gasteiger partial charge in [-0.15, -0.1) is 0 Å². The van der Waals surface area contributed by atoms with Crippen LogP contribution in [-0.2, 0) is 0 Å². The molecule has 4 aromatic rings. The minimum absolute atomic E-state index is 0.216. The van der Waals surface area contributed by atoms with Gasteiger partial charge in [0, 0.05) is 18.1 Å². The van der Waals surface area contributed by atoms with Crippen molar-refractivity contribution >= 4 is 45.9 Å². The highest BCUT2D eigenvalue weighted by Gasteiger charge is 2.14. The van der Waals surface area contributed by atoms with Crippen LogP contribution in [0.4, 0.5) is 5.69 Å². The monoisotopic (exact) mass is 383 g/mol. The maximum atomic E-state index is 12.4. The van der Waals surface area contributed by atoms with Crippen molar-refractivity contribution in [2.24, 2.45) is 0 Å². The second-order valence-electron chi connectivity index (χ2n) is 5.50. The van der Waals surface area contributed by atoms with Crippen molar-refractivity contribution in [3.05, 3.63) is 76.5 Å². The molecule has 4 rings (SSSR count). The molecule has 2 heterocycles. The molecule has 1 N–H and O–H groups in total. The highest BCUT2D eigenvalue weighted by atomic mass is 35.5. The Labute approximate surface area is 158 Å². The lowest BCUT2D eigenvalue weighted by atomic mass is 10.2. The highest BCUT2D eigenvalue weighted by Crippen LogP contribution is 2.28. The van der Waals surface area contributed by atoms with Gasteiger partial charge in [-0.2, -0.15) is 0 Å². The van der Waals surface area contributed by atoms with Gasteiger partial charge in [-0.25, -0.2) is 4.98 Å². The number of rotatable bonds is 3. The second-order valence-corrected chi connectivity index (χ2v) is 6.28. The summed E-state index contributed by atoms with van der Waals surface area (Å²) in [5, 5.41) is 3.33. The van der Waals surface area contributed by atoms with Gasteiger partial charge in [0.15, 0.2) is 5.58 Å². The fraction of sp³-hybridized carbons (Fsp3) is 0. The molecule has 0 aliphatic rings. The lowest BCUT2D eigenvalue weighted by molar-refractivity contribution is 0.102. The number of anilines is 1. The lowest BCUT2D eigenvalue weighted by Gasteiger charge is -2.07. The van der Waals surface area contributed by atoms with Crippen LogP contribution >= 0.6 is 23.2 Å². The van der Waals surface area contributed by atoms with Crippen LogP contribution in [0.5, 0.6) is 0 Å². The number of benzene rings is 2. The van der Waals surface area contributed by atoms with E-state index < -0.39 is 0 Å². The molecule has 0 saturated heterocycles. The van der Waals surface area contributed by atoms with Crippen molar-refractivity contribution in [1.29, 1.82) is 0 Å². The number of aromatic nitrogens is 2. The van der Waals surface area contributed by atoms with Crippen molar-refractivity contribution in [2.45, 2.75) is 0 Å². The Morgan fingerprint density at radius 3 is 2.77 bits per heavy atom. The van der Waals surface area contributed by atoms with Gasteiger partial charge in [-0.3, -0.25) is 9.78 Å². The first kappa shape index (κ1) is 16.6. The first-order valence-electron chi connectivity index (χ1n) is 7.68. The van der Waals surface area contributed by atoms with Crippen LogP contribution in [0.2, 0.25) is 10.0 Å². The van der Waals surface area contributed by atoms with Crippen LogP contribution in [0.3, 0.4) is 0 Å². The van der Waals surface area contributed by atoms with E-state index in [0.717, 1.165) is 5.56 Å². The summed E-state index contributed by atoms with van der Waals surface area (Å²) in [5.74, 6) is 0.113. The number of nitrogens with one attached hydrogen (secondary N) is 1. The summed E-state index contributed by atoms with van der Waals surface area (Å²) < 4.78 is 5.73. The maximum Gasteiger partial charge on any atom is 0.257 e. The molecule has 0 unspecified atom stereocenters.